The first kappa shape index (κ1) is 27.8. The van der Waals surface area contributed by atoms with Gasteiger partial charge in [-0.05, 0) is 79.0 Å². The first-order valence-electron chi connectivity index (χ1n) is 13.9. The van der Waals surface area contributed by atoms with E-state index in [-0.39, 0.29) is 71.0 Å². The summed E-state index contributed by atoms with van der Waals surface area (Å²) in [5.41, 5.74) is 7.27. The van der Waals surface area contributed by atoms with Gasteiger partial charge >= 0.3 is 10.2 Å². The number of carbonyl (C=O) groups excluding carboxylic acids is 2. The van der Waals surface area contributed by atoms with E-state index in [1.54, 1.807) is 12.1 Å². The molecule has 2 amide bonds. The van der Waals surface area contributed by atoms with E-state index in [0.29, 0.717) is 18.8 Å². The fourth-order valence-electron chi connectivity index (χ4n) is 7.92. The van der Waals surface area contributed by atoms with Gasteiger partial charge in [0.25, 0.3) is 0 Å². The Kier molecular flexibility index (Phi) is 7.09. The van der Waals surface area contributed by atoms with Crippen LogP contribution in [0.25, 0.3) is 11.1 Å². The van der Waals surface area contributed by atoms with Crippen molar-refractivity contribution in [3.63, 3.8) is 0 Å². The van der Waals surface area contributed by atoms with E-state index in [4.69, 9.17) is 28.9 Å². The van der Waals surface area contributed by atoms with Crippen LogP contribution in [-0.2, 0) is 19.8 Å². The summed E-state index contributed by atoms with van der Waals surface area (Å²) in [7, 11) is -4.07. The summed E-state index contributed by atoms with van der Waals surface area (Å²) < 4.78 is 30.1. The smallest absolute Gasteiger partial charge is 0.304 e. The molecule has 7 rings (SSSR count). The molecule has 5 fully saturated rings. The third-order valence-corrected chi connectivity index (χ3v) is 11.8. The Morgan fingerprint density at radius 3 is 2.23 bits per heavy atom. The first-order valence-corrected chi connectivity index (χ1v) is 16.0. The SMILES string of the molecule is CC1CN(CC(=O)NC2C3CC4CC2CC(C(N)=O)(C4)C3)S(=O)(=O)N(c2c(Cl)cc(-c3ccccc3)cc2Cl)C1. The van der Waals surface area contributed by atoms with Crippen molar-refractivity contribution in [1.82, 2.24) is 9.62 Å². The molecule has 0 radical (unpaired) electrons. The van der Waals surface area contributed by atoms with E-state index < -0.39 is 15.6 Å². The quantitative estimate of drug-likeness (QED) is 0.507. The van der Waals surface area contributed by atoms with E-state index in [9.17, 15) is 18.0 Å². The number of hydrogen-bond donors (Lipinski definition) is 2. The molecular weight excluding hydrogens is 571 g/mol. The lowest BCUT2D eigenvalue weighted by atomic mass is 9.47. The highest BCUT2D eigenvalue weighted by Crippen LogP contribution is 2.60. The molecule has 4 bridgehead atoms. The maximum atomic E-state index is 13.8. The Balaban J connectivity index is 1.20. The Morgan fingerprint density at radius 1 is 1.00 bits per heavy atom. The van der Waals surface area contributed by atoms with Crippen LogP contribution in [0.1, 0.15) is 39.0 Å². The standard InChI is InChI=1S/C29H34Cl2N4O4S/c1-17-14-34(16-25(36)33-26-21-7-18-8-22(26)13-29(11-18,12-21)28(32)37)40(38,39)35(15-17)27-23(30)9-20(10-24(27)31)19-5-3-2-4-6-19/h2-6,9-10,17-18,21-22,26H,7-8,11-16H2,1H3,(H2,32,37)(H,33,36). The number of nitrogens with one attached hydrogen (secondary N) is 1. The van der Waals surface area contributed by atoms with Crippen LogP contribution >= 0.6 is 23.2 Å². The van der Waals surface area contributed by atoms with Gasteiger partial charge in [-0.15, -0.1) is 0 Å². The van der Waals surface area contributed by atoms with Gasteiger partial charge in [-0.3, -0.25) is 13.9 Å². The lowest BCUT2D eigenvalue weighted by molar-refractivity contribution is -0.147. The fourth-order valence-corrected chi connectivity index (χ4v) is 10.6. The predicted molar refractivity (Wildman–Crippen MR) is 156 cm³/mol. The van der Waals surface area contributed by atoms with Gasteiger partial charge in [0.15, 0.2) is 0 Å². The molecule has 8 nitrogen and oxygen atoms in total. The van der Waals surface area contributed by atoms with Crippen LogP contribution in [0, 0.1) is 29.1 Å². The number of anilines is 1. The highest BCUT2D eigenvalue weighted by molar-refractivity contribution is 7.90. The van der Waals surface area contributed by atoms with Gasteiger partial charge in [0.05, 0.1) is 22.3 Å². The van der Waals surface area contributed by atoms with Gasteiger partial charge in [-0.1, -0.05) is 60.5 Å². The minimum absolute atomic E-state index is 0.0612. The number of rotatable bonds is 6. The Morgan fingerprint density at radius 2 is 1.62 bits per heavy atom. The van der Waals surface area contributed by atoms with Gasteiger partial charge in [-0.2, -0.15) is 12.7 Å². The van der Waals surface area contributed by atoms with Crippen molar-refractivity contribution in [2.45, 2.75) is 45.1 Å². The predicted octanol–water partition coefficient (Wildman–Crippen LogP) is 4.46. The number of hydrogen-bond acceptors (Lipinski definition) is 4. The van der Waals surface area contributed by atoms with Crippen molar-refractivity contribution in [1.29, 1.82) is 0 Å². The van der Waals surface area contributed by atoms with E-state index in [1.165, 1.54) is 8.61 Å². The Labute approximate surface area is 245 Å². The minimum Gasteiger partial charge on any atom is -0.369 e. The van der Waals surface area contributed by atoms with Crippen molar-refractivity contribution in [2.75, 3.05) is 23.9 Å². The van der Waals surface area contributed by atoms with E-state index in [0.717, 1.165) is 30.4 Å². The van der Waals surface area contributed by atoms with Gasteiger partial charge in [-0.25, -0.2) is 0 Å². The molecule has 3 unspecified atom stereocenters. The number of primary amides is 1. The highest BCUT2D eigenvalue weighted by atomic mass is 35.5. The van der Waals surface area contributed by atoms with Crippen LogP contribution in [-0.4, -0.2) is 50.2 Å². The molecule has 11 heteroatoms. The van der Waals surface area contributed by atoms with Crippen LogP contribution in [0.15, 0.2) is 42.5 Å². The zero-order valence-corrected chi connectivity index (χ0v) is 24.7. The molecule has 0 spiro atoms. The number of benzene rings is 2. The average Bonchev–Trinajstić information content (AvgIpc) is 2.88. The molecule has 4 saturated carbocycles. The number of halogens is 2. The maximum Gasteiger partial charge on any atom is 0.304 e. The molecule has 40 heavy (non-hydrogen) atoms. The van der Waals surface area contributed by atoms with Crippen molar-refractivity contribution in [3.05, 3.63) is 52.5 Å². The van der Waals surface area contributed by atoms with Gasteiger partial charge in [0.2, 0.25) is 11.8 Å². The Bertz CT molecular complexity index is 1410. The average molecular weight is 606 g/mol. The molecule has 214 valence electrons. The van der Waals surface area contributed by atoms with Crippen LogP contribution in [0.5, 0.6) is 0 Å². The van der Waals surface area contributed by atoms with E-state index >= 15 is 0 Å². The second kappa shape index (κ2) is 10.2. The minimum atomic E-state index is -4.07. The molecular formula is C29H34Cl2N4O4S. The highest BCUT2D eigenvalue weighted by Gasteiger charge is 2.58. The van der Waals surface area contributed by atoms with E-state index in [2.05, 4.69) is 5.32 Å². The summed E-state index contributed by atoms with van der Waals surface area (Å²) in [5, 5.41) is 3.61. The zero-order chi connectivity index (χ0) is 28.4. The van der Waals surface area contributed by atoms with Crippen LogP contribution in [0.2, 0.25) is 10.0 Å². The second-order valence-corrected chi connectivity index (χ2v) is 15.0. The number of carbonyl (C=O) groups is 2. The third-order valence-electron chi connectivity index (χ3n) is 9.41. The fraction of sp³-hybridized carbons (Fsp3) is 0.517. The lowest BCUT2D eigenvalue weighted by Gasteiger charge is -2.58. The molecule has 3 atom stereocenters. The van der Waals surface area contributed by atoms with Crippen LogP contribution < -0.4 is 15.4 Å². The molecule has 2 aromatic carbocycles. The summed E-state index contributed by atoms with van der Waals surface area (Å²) >= 11 is 13.3. The van der Waals surface area contributed by atoms with Crippen LogP contribution in [0.3, 0.4) is 0 Å². The van der Waals surface area contributed by atoms with Crippen LogP contribution in [0.4, 0.5) is 5.69 Å². The van der Waals surface area contributed by atoms with Gasteiger partial charge in [0.1, 0.15) is 0 Å². The molecule has 4 aliphatic carbocycles. The molecule has 3 N–H and O–H groups in total. The maximum absolute atomic E-state index is 13.8. The second-order valence-electron chi connectivity index (χ2n) is 12.3. The molecule has 5 aliphatic rings. The molecule has 1 saturated heterocycles. The Hall–Kier alpha value is -2.33. The van der Waals surface area contributed by atoms with Gasteiger partial charge in [0, 0.05) is 24.5 Å². The summed E-state index contributed by atoms with van der Waals surface area (Å²) in [6, 6.07) is 13.0. The topological polar surface area (TPSA) is 113 Å². The monoisotopic (exact) mass is 604 g/mol. The van der Waals surface area contributed by atoms with Crippen molar-refractivity contribution in [3.8, 4) is 11.1 Å². The molecule has 2 aromatic rings. The number of amides is 2. The molecule has 0 aromatic heterocycles. The molecule has 1 heterocycles. The van der Waals surface area contributed by atoms with Crippen molar-refractivity contribution < 1.29 is 18.0 Å². The normalized spacial score (nSPS) is 32.7. The summed E-state index contributed by atoms with van der Waals surface area (Å²) in [4.78, 5) is 25.6. The zero-order valence-electron chi connectivity index (χ0n) is 22.4. The first-order chi connectivity index (χ1) is 19.0. The van der Waals surface area contributed by atoms with E-state index in [1.807, 2.05) is 37.3 Å². The lowest BCUT2D eigenvalue weighted by Crippen LogP contribution is -2.63. The van der Waals surface area contributed by atoms with Crippen molar-refractivity contribution >= 4 is 50.9 Å². The molecule has 1 aliphatic heterocycles. The number of nitrogens with zero attached hydrogens (tertiary/aromatic N) is 2. The summed E-state index contributed by atoms with van der Waals surface area (Å²) in [5.74, 6) is 0.236. The number of nitrogens with two attached hydrogens (primary N) is 1. The summed E-state index contributed by atoms with van der Waals surface area (Å²) in [6.45, 7) is 2.07. The van der Waals surface area contributed by atoms with Crippen molar-refractivity contribution in [2.24, 2.45) is 34.8 Å². The summed E-state index contributed by atoms with van der Waals surface area (Å²) in [6.07, 6.45) is 4.19. The van der Waals surface area contributed by atoms with Gasteiger partial charge < -0.3 is 11.1 Å². The third kappa shape index (κ3) is 4.78. The largest absolute Gasteiger partial charge is 0.369 e.